The van der Waals surface area contributed by atoms with E-state index < -0.39 is 0 Å². The van der Waals surface area contributed by atoms with E-state index in [0.717, 1.165) is 0 Å². The Hall–Kier alpha value is 0.230. The molecule has 1 aliphatic heterocycles. The molecule has 29 valence electrons. The molecule has 0 bridgehead atoms. The van der Waals surface area contributed by atoms with Gasteiger partial charge in [-0.05, 0) is 0 Å². The summed E-state index contributed by atoms with van der Waals surface area (Å²) >= 11 is 1.41. The topological polar surface area (TPSA) is 36.1 Å². The Morgan fingerprint density at radius 3 is 2.80 bits per heavy atom. The van der Waals surface area contributed by atoms with Crippen LogP contribution in [0.15, 0.2) is 0 Å². The fourth-order valence-corrected chi connectivity index (χ4v) is 0.442. The molecule has 1 radical (unpaired) electrons. The van der Waals surface area contributed by atoms with Gasteiger partial charge in [0.1, 0.15) is 6.67 Å². The predicted molar refractivity (Wildman–Crippen MR) is 21.3 cm³/mol. The van der Waals surface area contributed by atoms with Crippen LogP contribution >= 0.6 is 12.1 Å². The Balaban J connectivity index is 2.08. The molecular formula is CH4N3S. The third-order valence-corrected chi connectivity index (χ3v) is 0.756. The van der Waals surface area contributed by atoms with Crippen molar-refractivity contribution in [3.63, 3.8) is 0 Å². The van der Waals surface area contributed by atoms with E-state index in [2.05, 4.69) is 15.0 Å². The van der Waals surface area contributed by atoms with Gasteiger partial charge in [0.2, 0.25) is 0 Å². The summed E-state index contributed by atoms with van der Waals surface area (Å²) in [4.78, 5) is 2.72. The second-order valence-electron chi connectivity index (χ2n) is 0.611. The fraction of sp³-hybridized carbons (Fsp3) is 0. The van der Waals surface area contributed by atoms with Gasteiger partial charge in [0.15, 0.2) is 0 Å². The van der Waals surface area contributed by atoms with Crippen molar-refractivity contribution >= 4 is 12.1 Å². The summed E-state index contributed by atoms with van der Waals surface area (Å²) < 4.78 is 2.79. The summed E-state index contributed by atoms with van der Waals surface area (Å²) in [7, 11) is 0. The normalized spacial score (nSPS) is 24.0. The molecule has 0 spiro atoms. The summed E-state index contributed by atoms with van der Waals surface area (Å²) in [6.45, 7) is 1.71. The van der Waals surface area contributed by atoms with Gasteiger partial charge >= 0.3 is 0 Å². The molecule has 5 heavy (non-hydrogen) atoms. The number of hydrogen-bond acceptors (Lipinski definition) is 4. The summed E-state index contributed by atoms with van der Waals surface area (Å²) in [6.07, 6.45) is 0. The lowest BCUT2D eigenvalue weighted by Crippen LogP contribution is -2.13. The van der Waals surface area contributed by atoms with Gasteiger partial charge in [0.25, 0.3) is 0 Å². The largest absolute Gasteiger partial charge is 0.229 e. The fourth-order valence-electron chi connectivity index (χ4n) is 0.147. The number of hydrogen-bond donors (Lipinski definition) is 3. The Bertz CT molecular complexity index is 18.5. The van der Waals surface area contributed by atoms with E-state index in [4.69, 9.17) is 0 Å². The van der Waals surface area contributed by atoms with Gasteiger partial charge in [-0.15, -0.1) is 0 Å². The van der Waals surface area contributed by atoms with Crippen LogP contribution < -0.4 is 15.0 Å². The highest BCUT2D eigenvalue weighted by atomic mass is 32.2. The molecule has 1 aliphatic rings. The van der Waals surface area contributed by atoms with E-state index in [-0.39, 0.29) is 0 Å². The van der Waals surface area contributed by atoms with Gasteiger partial charge in [0.05, 0.1) is 0 Å². The van der Waals surface area contributed by atoms with Crippen molar-refractivity contribution < 1.29 is 0 Å². The highest BCUT2D eigenvalue weighted by Crippen LogP contribution is 1.85. The molecule has 0 aromatic carbocycles. The van der Waals surface area contributed by atoms with Crippen LogP contribution in [0.1, 0.15) is 0 Å². The van der Waals surface area contributed by atoms with Crippen LogP contribution in [0.3, 0.4) is 0 Å². The highest BCUT2D eigenvalue weighted by molar-refractivity contribution is 7.95. The molecule has 0 saturated carbocycles. The first kappa shape index (κ1) is 3.42. The van der Waals surface area contributed by atoms with Gasteiger partial charge in [-0.3, -0.25) is 0 Å². The van der Waals surface area contributed by atoms with Crippen LogP contribution in [0.4, 0.5) is 0 Å². The van der Waals surface area contributed by atoms with Crippen molar-refractivity contribution in [3.05, 3.63) is 6.67 Å². The van der Waals surface area contributed by atoms with Gasteiger partial charge < -0.3 is 0 Å². The number of nitrogens with one attached hydrogen (secondary N) is 3. The van der Waals surface area contributed by atoms with E-state index in [9.17, 15) is 0 Å². The smallest absolute Gasteiger partial charge is 0.112 e. The maximum atomic E-state index is 2.79. The SMILES string of the molecule is [CH]1NNSN1. The summed E-state index contributed by atoms with van der Waals surface area (Å²) in [6, 6.07) is 0. The van der Waals surface area contributed by atoms with Gasteiger partial charge in [-0.1, -0.05) is 0 Å². The first-order chi connectivity index (χ1) is 2.50. The minimum absolute atomic E-state index is 1.41. The van der Waals surface area contributed by atoms with Gasteiger partial charge in [0, 0.05) is 12.1 Å². The van der Waals surface area contributed by atoms with Crippen LogP contribution in [0.5, 0.6) is 0 Å². The Morgan fingerprint density at radius 1 is 1.60 bits per heavy atom. The summed E-state index contributed by atoms with van der Waals surface area (Å²) in [5.41, 5.74) is 2.70. The highest BCUT2D eigenvalue weighted by Gasteiger charge is 1.91. The Morgan fingerprint density at radius 2 is 2.60 bits per heavy atom. The zero-order valence-electron chi connectivity index (χ0n) is 2.49. The molecule has 3 N–H and O–H groups in total. The standard InChI is InChI=1S/CH4N3S/c1-2-4-5-3-1/h1-4H. The molecule has 0 unspecified atom stereocenters. The zero-order chi connectivity index (χ0) is 3.54. The van der Waals surface area contributed by atoms with Crippen molar-refractivity contribution in [1.82, 2.24) is 15.0 Å². The van der Waals surface area contributed by atoms with Crippen LogP contribution in [0.25, 0.3) is 0 Å². The molecule has 0 atom stereocenters. The second-order valence-corrected chi connectivity index (χ2v) is 1.25. The van der Waals surface area contributed by atoms with E-state index in [0.29, 0.717) is 0 Å². The van der Waals surface area contributed by atoms with E-state index in [1.165, 1.54) is 12.1 Å². The van der Waals surface area contributed by atoms with Gasteiger partial charge in [-0.25, -0.2) is 10.1 Å². The van der Waals surface area contributed by atoms with Crippen LogP contribution in [-0.2, 0) is 0 Å². The minimum atomic E-state index is 1.41. The molecule has 0 aromatic rings. The van der Waals surface area contributed by atoms with Crippen molar-refractivity contribution in [3.8, 4) is 0 Å². The van der Waals surface area contributed by atoms with E-state index >= 15 is 0 Å². The molecule has 4 heteroatoms. The zero-order valence-corrected chi connectivity index (χ0v) is 3.30. The molecule has 3 nitrogen and oxygen atoms in total. The van der Waals surface area contributed by atoms with Gasteiger partial charge in [-0.2, -0.15) is 4.83 Å². The van der Waals surface area contributed by atoms with Crippen molar-refractivity contribution in [2.45, 2.75) is 0 Å². The van der Waals surface area contributed by atoms with Crippen molar-refractivity contribution in [2.24, 2.45) is 0 Å². The van der Waals surface area contributed by atoms with Crippen LogP contribution in [-0.4, -0.2) is 0 Å². The maximum Gasteiger partial charge on any atom is 0.112 e. The lowest BCUT2D eigenvalue weighted by molar-refractivity contribution is 0.821. The molecule has 0 amide bonds. The number of hydrazine groups is 1. The van der Waals surface area contributed by atoms with Crippen molar-refractivity contribution in [2.75, 3.05) is 0 Å². The Labute approximate surface area is 34.7 Å². The lowest BCUT2D eigenvalue weighted by atomic mass is 11.2. The molecule has 0 aliphatic carbocycles. The third kappa shape index (κ3) is 0.769. The maximum absolute atomic E-state index is 2.79. The average Bonchev–Trinajstić information content (AvgIpc) is 1.76. The molecule has 1 rings (SSSR count). The quantitative estimate of drug-likeness (QED) is 0.346. The predicted octanol–water partition coefficient (Wildman–Crippen LogP) is -0.634. The summed E-state index contributed by atoms with van der Waals surface area (Å²) in [5, 5.41) is 0. The molecule has 1 saturated heterocycles. The van der Waals surface area contributed by atoms with E-state index in [1.807, 2.05) is 0 Å². The minimum Gasteiger partial charge on any atom is -0.229 e. The lowest BCUT2D eigenvalue weighted by Gasteiger charge is -1.76. The second kappa shape index (κ2) is 1.61. The van der Waals surface area contributed by atoms with Crippen molar-refractivity contribution in [1.29, 1.82) is 0 Å². The third-order valence-electron chi connectivity index (χ3n) is 0.300. The van der Waals surface area contributed by atoms with E-state index in [1.54, 1.807) is 6.67 Å². The monoisotopic (exact) mass is 90.0 g/mol. The first-order valence-electron chi connectivity index (χ1n) is 1.24. The molecule has 0 aromatic heterocycles. The number of rotatable bonds is 0. The Kier molecular flexibility index (Phi) is 1.10. The van der Waals surface area contributed by atoms with Crippen LogP contribution in [0.2, 0.25) is 0 Å². The molecule has 1 heterocycles. The summed E-state index contributed by atoms with van der Waals surface area (Å²) in [5.74, 6) is 0. The molecular weight excluding hydrogens is 86.1 g/mol. The average molecular weight is 90.1 g/mol. The first-order valence-corrected chi connectivity index (χ1v) is 2.05. The molecule has 1 fully saturated rings. The van der Waals surface area contributed by atoms with Crippen LogP contribution in [0, 0.1) is 6.67 Å².